The van der Waals surface area contributed by atoms with Gasteiger partial charge in [0.2, 0.25) is 6.79 Å². The highest BCUT2D eigenvalue weighted by Crippen LogP contribution is 2.35. The Morgan fingerprint density at radius 3 is 2.75 bits per heavy atom. The Morgan fingerprint density at radius 2 is 1.96 bits per heavy atom. The van der Waals surface area contributed by atoms with Gasteiger partial charge in [-0.3, -0.25) is 4.79 Å². The molecule has 1 unspecified atom stereocenters. The molecule has 5 nitrogen and oxygen atoms in total. The Kier molecular flexibility index (Phi) is 4.58. The van der Waals surface area contributed by atoms with Gasteiger partial charge in [0.15, 0.2) is 11.5 Å². The van der Waals surface area contributed by atoms with Crippen molar-refractivity contribution in [1.82, 2.24) is 5.32 Å². The predicted molar refractivity (Wildman–Crippen MR) is 90.9 cm³/mol. The highest BCUT2D eigenvalue weighted by molar-refractivity contribution is 6.35. The molecular weight excluding hydrogens is 353 g/mol. The van der Waals surface area contributed by atoms with Gasteiger partial charge in [-0.25, -0.2) is 0 Å². The molecule has 2 N–H and O–H groups in total. The molecule has 2 aromatic carbocycles. The van der Waals surface area contributed by atoms with Crippen molar-refractivity contribution in [3.63, 3.8) is 0 Å². The van der Waals surface area contributed by atoms with Crippen LogP contribution in [0.3, 0.4) is 0 Å². The van der Waals surface area contributed by atoms with Gasteiger partial charge >= 0.3 is 0 Å². The summed E-state index contributed by atoms with van der Waals surface area (Å²) in [6.45, 7) is 1.75. The molecule has 0 saturated heterocycles. The van der Waals surface area contributed by atoms with Crippen LogP contribution < -0.4 is 14.8 Å². The number of halogens is 2. The summed E-state index contributed by atoms with van der Waals surface area (Å²) in [6, 6.07) is 9.78. The van der Waals surface area contributed by atoms with Crippen molar-refractivity contribution in [3.8, 4) is 11.5 Å². The molecule has 24 heavy (non-hydrogen) atoms. The van der Waals surface area contributed by atoms with E-state index < -0.39 is 11.5 Å². The maximum atomic E-state index is 12.3. The zero-order valence-corrected chi connectivity index (χ0v) is 14.3. The molecular formula is C17H15Cl2NO4. The lowest BCUT2D eigenvalue weighted by molar-refractivity contribution is 0.0525. The second-order valence-electron chi connectivity index (χ2n) is 5.65. The minimum Gasteiger partial charge on any atom is -0.454 e. The van der Waals surface area contributed by atoms with E-state index >= 15 is 0 Å². The molecule has 0 saturated carbocycles. The first-order valence-electron chi connectivity index (χ1n) is 7.22. The van der Waals surface area contributed by atoms with Gasteiger partial charge in [0, 0.05) is 5.02 Å². The number of ether oxygens (including phenoxy) is 2. The third-order valence-electron chi connectivity index (χ3n) is 3.76. The number of fused-ring (bicyclic) bond motifs is 1. The summed E-state index contributed by atoms with van der Waals surface area (Å²) >= 11 is 11.9. The number of hydrogen-bond acceptors (Lipinski definition) is 4. The van der Waals surface area contributed by atoms with Crippen LogP contribution in [-0.4, -0.2) is 24.4 Å². The highest BCUT2D eigenvalue weighted by atomic mass is 35.5. The molecule has 126 valence electrons. The van der Waals surface area contributed by atoms with Crippen LogP contribution in [0.15, 0.2) is 36.4 Å². The second kappa shape index (κ2) is 6.51. The Bertz CT molecular complexity index is 792. The molecule has 1 heterocycles. The number of nitrogens with one attached hydrogen (secondary N) is 1. The van der Waals surface area contributed by atoms with Gasteiger partial charge in [-0.05, 0) is 42.8 Å². The lowest BCUT2D eigenvalue weighted by atomic mass is 9.95. The van der Waals surface area contributed by atoms with Gasteiger partial charge in [0.25, 0.3) is 5.91 Å². The van der Waals surface area contributed by atoms with Gasteiger partial charge in [-0.15, -0.1) is 0 Å². The quantitative estimate of drug-likeness (QED) is 0.869. The molecule has 3 rings (SSSR count). The molecule has 0 radical (unpaired) electrons. The largest absolute Gasteiger partial charge is 0.454 e. The molecule has 2 aromatic rings. The van der Waals surface area contributed by atoms with E-state index in [2.05, 4.69) is 5.32 Å². The van der Waals surface area contributed by atoms with Crippen molar-refractivity contribution in [2.45, 2.75) is 12.5 Å². The summed E-state index contributed by atoms with van der Waals surface area (Å²) in [5, 5.41) is 14.0. The van der Waals surface area contributed by atoms with Crippen molar-refractivity contribution in [2.75, 3.05) is 13.3 Å². The standard InChI is InChI=1S/C17H15Cl2NO4/c1-17(22,10-2-5-14-15(6-10)24-9-23-14)8-20-16(21)12-7-11(18)3-4-13(12)19/h2-7,22H,8-9H2,1H3,(H,20,21). The van der Waals surface area contributed by atoms with Gasteiger partial charge in [-0.1, -0.05) is 29.3 Å². The van der Waals surface area contributed by atoms with E-state index in [1.54, 1.807) is 37.3 Å². The van der Waals surface area contributed by atoms with Crippen LogP contribution in [0.25, 0.3) is 0 Å². The molecule has 7 heteroatoms. The van der Waals surface area contributed by atoms with Crippen molar-refractivity contribution in [1.29, 1.82) is 0 Å². The molecule has 1 amide bonds. The average Bonchev–Trinajstić information content (AvgIpc) is 3.02. The first-order valence-corrected chi connectivity index (χ1v) is 7.98. The lowest BCUT2D eigenvalue weighted by Gasteiger charge is -2.24. The van der Waals surface area contributed by atoms with Crippen molar-refractivity contribution in [2.24, 2.45) is 0 Å². The number of benzene rings is 2. The van der Waals surface area contributed by atoms with Crippen LogP contribution in [-0.2, 0) is 5.60 Å². The molecule has 1 aliphatic heterocycles. The van der Waals surface area contributed by atoms with E-state index in [4.69, 9.17) is 32.7 Å². The first kappa shape index (κ1) is 16.9. The van der Waals surface area contributed by atoms with Gasteiger partial charge < -0.3 is 19.9 Å². The maximum absolute atomic E-state index is 12.3. The Balaban J connectivity index is 1.73. The number of aliphatic hydroxyl groups is 1. The Hall–Kier alpha value is -1.95. The topological polar surface area (TPSA) is 67.8 Å². The highest BCUT2D eigenvalue weighted by Gasteiger charge is 2.27. The van der Waals surface area contributed by atoms with Crippen molar-refractivity contribution in [3.05, 3.63) is 57.6 Å². The van der Waals surface area contributed by atoms with Gasteiger partial charge in [0.1, 0.15) is 5.60 Å². The van der Waals surface area contributed by atoms with Crippen LogP contribution in [0.4, 0.5) is 0 Å². The SMILES string of the molecule is CC(O)(CNC(=O)c1cc(Cl)ccc1Cl)c1ccc2c(c1)OCO2. The van der Waals surface area contributed by atoms with Crippen LogP contribution >= 0.6 is 23.2 Å². The van der Waals surface area contributed by atoms with Crippen molar-refractivity contribution < 1.29 is 19.4 Å². The number of rotatable bonds is 4. The van der Waals surface area contributed by atoms with E-state index in [0.717, 1.165) is 0 Å². The van der Waals surface area contributed by atoms with Crippen LogP contribution in [0.1, 0.15) is 22.8 Å². The minimum atomic E-state index is -1.29. The fraction of sp³-hybridized carbons (Fsp3) is 0.235. The number of carbonyl (C=O) groups excluding carboxylic acids is 1. The third kappa shape index (κ3) is 3.43. The molecule has 0 aromatic heterocycles. The van der Waals surface area contributed by atoms with E-state index in [1.165, 1.54) is 6.07 Å². The lowest BCUT2D eigenvalue weighted by Crippen LogP contribution is -2.38. The van der Waals surface area contributed by atoms with Crippen LogP contribution in [0.2, 0.25) is 10.0 Å². The van der Waals surface area contributed by atoms with Crippen molar-refractivity contribution >= 4 is 29.1 Å². The van der Waals surface area contributed by atoms with Crippen LogP contribution in [0, 0.1) is 0 Å². The summed E-state index contributed by atoms with van der Waals surface area (Å²) in [5.41, 5.74) is -0.434. The summed E-state index contributed by atoms with van der Waals surface area (Å²) < 4.78 is 10.6. The monoisotopic (exact) mass is 367 g/mol. The zero-order valence-electron chi connectivity index (χ0n) is 12.8. The summed E-state index contributed by atoms with van der Waals surface area (Å²) in [5.74, 6) is 0.782. The van der Waals surface area contributed by atoms with E-state index in [0.29, 0.717) is 27.1 Å². The predicted octanol–water partition coefficient (Wildman–Crippen LogP) is 3.36. The van der Waals surface area contributed by atoms with E-state index in [-0.39, 0.29) is 18.9 Å². The Morgan fingerprint density at radius 1 is 1.21 bits per heavy atom. The molecule has 0 spiro atoms. The summed E-state index contributed by atoms with van der Waals surface area (Å²) in [7, 11) is 0. The molecule has 0 fully saturated rings. The number of hydrogen-bond donors (Lipinski definition) is 2. The van der Waals surface area contributed by atoms with E-state index in [1.807, 2.05) is 0 Å². The number of amides is 1. The zero-order chi connectivity index (χ0) is 17.3. The Labute approximate surface area is 149 Å². The average molecular weight is 368 g/mol. The molecule has 1 aliphatic rings. The fourth-order valence-electron chi connectivity index (χ4n) is 2.35. The molecule has 0 aliphatic carbocycles. The minimum absolute atomic E-state index is 0.00564. The number of carbonyl (C=O) groups is 1. The molecule has 1 atom stereocenters. The summed E-state index contributed by atoms with van der Waals surface area (Å²) in [4.78, 5) is 12.3. The fourth-order valence-corrected chi connectivity index (χ4v) is 2.73. The normalized spacial score (nSPS) is 15.0. The van der Waals surface area contributed by atoms with Gasteiger partial charge in [-0.2, -0.15) is 0 Å². The van der Waals surface area contributed by atoms with E-state index in [9.17, 15) is 9.90 Å². The maximum Gasteiger partial charge on any atom is 0.252 e. The smallest absolute Gasteiger partial charge is 0.252 e. The molecule has 0 bridgehead atoms. The first-order chi connectivity index (χ1) is 11.4. The van der Waals surface area contributed by atoms with Gasteiger partial charge in [0.05, 0.1) is 17.1 Å². The van der Waals surface area contributed by atoms with Crippen LogP contribution in [0.5, 0.6) is 11.5 Å². The second-order valence-corrected chi connectivity index (χ2v) is 6.49. The third-order valence-corrected chi connectivity index (χ3v) is 4.33. The summed E-state index contributed by atoms with van der Waals surface area (Å²) in [6.07, 6.45) is 0.